The van der Waals surface area contributed by atoms with Crippen molar-refractivity contribution >= 4 is 17.3 Å². The lowest BCUT2D eigenvalue weighted by molar-refractivity contribution is -0.118. The van der Waals surface area contributed by atoms with E-state index in [1.807, 2.05) is 24.3 Å². The summed E-state index contributed by atoms with van der Waals surface area (Å²) in [6.45, 7) is 2.16. The number of hydrogen-bond donors (Lipinski definition) is 1. The molecule has 0 bridgehead atoms. The summed E-state index contributed by atoms with van der Waals surface area (Å²) in [5.41, 5.74) is 1.99. The maximum Gasteiger partial charge on any atom is 0.262 e. The Kier molecular flexibility index (Phi) is 6.36. The topological polar surface area (TPSA) is 50.8 Å². The number of nitrogens with one attached hydrogen (secondary N) is 1. The van der Waals surface area contributed by atoms with Crippen molar-refractivity contribution in [2.24, 2.45) is 0 Å². The highest BCUT2D eigenvalue weighted by Gasteiger charge is 2.11. The molecule has 138 valence electrons. The van der Waals surface area contributed by atoms with E-state index in [0.29, 0.717) is 11.5 Å². The van der Waals surface area contributed by atoms with E-state index in [4.69, 9.17) is 9.47 Å². The molecule has 1 heterocycles. The molecule has 0 aromatic heterocycles. The first-order valence-corrected chi connectivity index (χ1v) is 9.17. The average Bonchev–Trinajstić information content (AvgIpc) is 2.97. The summed E-state index contributed by atoms with van der Waals surface area (Å²) in [5, 5.41) is 2.87. The zero-order chi connectivity index (χ0) is 18.2. The lowest BCUT2D eigenvalue weighted by Crippen LogP contribution is -2.24. The summed E-state index contributed by atoms with van der Waals surface area (Å²) in [4.78, 5) is 14.6. The van der Waals surface area contributed by atoms with E-state index in [-0.39, 0.29) is 12.5 Å². The van der Waals surface area contributed by atoms with Gasteiger partial charge in [0.25, 0.3) is 5.91 Å². The van der Waals surface area contributed by atoms with E-state index >= 15 is 0 Å². The first-order chi connectivity index (χ1) is 12.8. The Bertz CT molecular complexity index is 707. The Morgan fingerprint density at radius 1 is 0.962 bits per heavy atom. The van der Waals surface area contributed by atoms with Gasteiger partial charge in [-0.2, -0.15) is 0 Å². The Labute approximate surface area is 154 Å². The molecule has 0 atom stereocenters. The molecule has 0 saturated carbocycles. The fourth-order valence-electron chi connectivity index (χ4n) is 3.16. The predicted molar refractivity (Wildman–Crippen MR) is 104 cm³/mol. The van der Waals surface area contributed by atoms with Crippen LogP contribution in [0.3, 0.4) is 0 Å². The number of carbonyl (C=O) groups is 1. The minimum absolute atomic E-state index is 0.0613. The molecule has 2 aromatic rings. The monoisotopic (exact) mass is 354 g/mol. The van der Waals surface area contributed by atoms with Gasteiger partial charge in [0.2, 0.25) is 0 Å². The highest BCUT2D eigenvalue weighted by atomic mass is 16.5. The summed E-state index contributed by atoms with van der Waals surface area (Å²) in [7, 11) is 1.58. The van der Waals surface area contributed by atoms with Gasteiger partial charge in [-0.05, 0) is 49.2 Å². The molecule has 3 rings (SSSR count). The maximum atomic E-state index is 12.1. The molecule has 0 unspecified atom stereocenters. The summed E-state index contributed by atoms with van der Waals surface area (Å²) >= 11 is 0. The van der Waals surface area contributed by atoms with Crippen LogP contribution in [-0.2, 0) is 4.79 Å². The number of carbonyl (C=O) groups excluding carboxylic acids is 1. The van der Waals surface area contributed by atoms with Crippen LogP contribution in [0.4, 0.5) is 11.4 Å². The molecule has 1 aliphatic rings. The van der Waals surface area contributed by atoms with Crippen LogP contribution in [0.25, 0.3) is 0 Å². The normalized spacial score (nSPS) is 14.4. The number of hydrogen-bond acceptors (Lipinski definition) is 4. The molecule has 26 heavy (non-hydrogen) atoms. The number of anilines is 2. The minimum Gasteiger partial charge on any atom is -0.493 e. The highest BCUT2D eigenvalue weighted by Crippen LogP contribution is 2.26. The molecule has 1 fully saturated rings. The lowest BCUT2D eigenvalue weighted by Gasteiger charge is -2.22. The SMILES string of the molecule is COc1ccccc1OCC(=O)Nc1ccc(N2CCCCCC2)cc1. The minimum atomic E-state index is -0.196. The largest absolute Gasteiger partial charge is 0.493 e. The van der Waals surface area contributed by atoms with Crippen LogP contribution in [0.15, 0.2) is 48.5 Å². The quantitative estimate of drug-likeness (QED) is 0.849. The van der Waals surface area contributed by atoms with E-state index in [9.17, 15) is 4.79 Å². The van der Waals surface area contributed by atoms with Crippen molar-refractivity contribution in [3.8, 4) is 11.5 Å². The molecule has 5 nitrogen and oxygen atoms in total. The number of nitrogens with zero attached hydrogens (tertiary/aromatic N) is 1. The molecule has 1 amide bonds. The summed E-state index contributed by atoms with van der Waals surface area (Å²) in [5.74, 6) is 0.974. The van der Waals surface area contributed by atoms with Crippen molar-refractivity contribution in [1.29, 1.82) is 0 Å². The van der Waals surface area contributed by atoms with Gasteiger partial charge < -0.3 is 19.7 Å². The van der Waals surface area contributed by atoms with Crippen molar-refractivity contribution in [3.63, 3.8) is 0 Å². The van der Waals surface area contributed by atoms with Gasteiger partial charge in [0.1, 0.15) is 0 Å². The molecule has 1 N–H and O–H groups in total. The molecule has 1 aliphatic heterocycles. The standard InChI is InChI=1S/C21H26N2O3/c1-25-19-8-4-5-9-20(19)26-16-21(24)22-17-10-12-18(13-11-17)23-14-6-2-3-7-15-23/h4-5,8-13H,2-3,6-7,14-16H2,1H3,(H,22,24). The molecule has 0 radical (unpaired) electrons. The third kappa shape index (κ3) is 4.91. The second-order valence-corrected chi connectivity index (χ2v) is 6.44. The van der Waals surface area contributed by atoms with Crippen molar-refractivity contribution < 1.29 is 14.3 Å². The molecule has 2 aromatic carbocycles. The zero-order valence-corrected chi connectivity index (χ0v) is 15.2. The van der Waals surface area contributed by atoms with Gasteiger partial charge in [0, 0.05) is 24.5 Å². The average molecular weight is 354 g/mol. The van der Waals surface area contributed by atoms with Crippen molar-refractivity contribution in [2.45, 2.75) is 25.7 Å². The molecule has 0 aliphatic carbocycles. The van der Waals surface area contributed by atoms with Crippen LogP contribution in [0, 0.1) is 0 Å². The molecular weight excluding hydrogens is 328 g/mol. The van der Waals surface area contributed by atoms with Gasteiger partial charge in [-0.1, -0.05) is 25.0 Å². The Morgan fingerprint density at radius 3 is 2.27 bits per heavy atom. The van der Waals surface area contributed by atoms with E-state index in [2.05, 4.69) is 22.3 Å². The highest BCUT2D eigenvalue weighted by molar-refractivity contribution is 5.92. The van der Waals surface area contributed by atoms with Crippen molar-refractivity contribution in [1.82, 2.24) is 0 Å². The van der Waals surface area contributed by atoms with Crippen LogP contribution >= 0.6 is 0 Å². The van der Waals surface area contributed by atoms with Gasteiger partial charge >= 0.3 is 0 Å². The molecule has 0 spiro atoms. The third-order valence-corrected chi connectivity index (χ3v) is 4.55. The Balaban J connectivity index is 1.52. The fourth-order valence-corrected chi connectivity index (χ4v) is 3.16. The van der Waals surface area contributed by atoms with Gasteiger partial charge in [0.15, 0.2) is 18.1 Å². The van der Waals surface area contributed by atoms with Gasteiger partial charge in [-0.3, -0.25) is 4.79 Å². The van der Waals surface area contributed by atoms with Crippen LogP contribution in [0.5, 0.6) is 11.5 Å². The molecular formula is C21H26N2O3. The van der Waals surface area contributed by atoms with Gasteiger partial charge in [-0.25, -0.2) is 0 Å². The number of ether oxygens (including phenoxy) is 2. The van der Waals surface area contributed by atoms with Gasteiger partial charge in [-0.15, -0.1) is 0 Å². The lowest BCUT2D eigenvalue weighted by atomic mass is 10.2. The Hall–Kier alpha value is -2.69. The van der Waals surface area contributed by atoms with Crippen LogP contribution < -0.4 is 19.7 Å². The summed E-state index contributed by atoms with van der Waals surface area (Å²) < 4.78 is 10.8. The van der Waals surface area contributed by atoms with Gasteiger partial charge in [0.05, 0.1) is 7.11 Å². The van der Waals surface area contributed by atoms with E-state index < -0.39 is 0 Å². The first-order valence-electron chi connectivity index (χ1n) is 9.17. The number of rotatable bonds is 6. The molecule has 5 heteroatoms. The van der Waals surface area contributed by atoms with E-state index in [0.717, 1.165) is 18.8 Å². The van der Waals surface area contributed by atoms with Crippen LogP contribution in [0.1, 0.15) is 25.7 Å². The number of para-hydroxylation sites is 2. The van der Waals surface area contributed by atoms with E-state index in [1.54, 1.807) is 19.2 Å². The summed E-state index contributed by atoms with van der Waals surface area (Å²) in [6, 6.07) is 15.3. The zero-order valence-electron chi connectivity index (χ0n) is 15.2. The van der Waals surface area contributed by atoms with Crippen LogP contribution in [0.2, 0.25) is 0 Å². The first kappa shape index (κ1) is 18.1. The van der Waals surface area contributed by atoms with Crippen molar-refractivity contribution in [3.05, 3.63) is 48.5 Å². The number of methoxy groups -OCH3 is 1. The molecule has 1 saturated heterocycles. The Morgan fingerprint density at radius 2 is 1.62 bits per heavy atom. The smallest absolute Gasteiger partial charge is 0.262 e. The third-order valence-electron chi connectivity index (χ3n) is 4.55. The van der Waals surface area contributed by atoms with Crippen LogP contribution in [-0.4, -0.2) is 32.7 Å². The van der Waals surface area contributed by atoms with Crippen molar-refractivity contribution in [2.75, 3.05) is 37.0 Å². The van der Waals surface area contributed by atoms with E-state index in [1.165, 1.54) is 31.4 Å². The number of benzene rings is 2. The fraction of sp³-hybridized carbons (Fsp3) is 0.381. The second-order valence-electron chi connectivity index (χ2n) is 6.44. The predicted octanol–water partition coefficient (Wildman–Crippen LogP) is 4.09. The maximum absolute atomic E-state index is 12.1. The second kappa shape index (κ2) is 9.13. The summed E-state index contributed by atoms with van der Waals surface area (Å²) in [6.07, 6.45) is 5.13. The number of amides is 1.